The molecule has 1 aliphatic heterocycles. The lowest BCUT2D eigenvalue weighted by Gasteiger charge is -2.32. The van der Waals surface area contributed by atoms with Crippen LogP contribution in [0.1, 0.15) is 33.6 Å². The standard InChI is InChI=1S/C14H22BrN3O2S/c1-14(2,3)20-13(19)16-8-10-4-6-18(7-5-10)12-17-11(15)9-21-12/h9-10H,4-8H2,1-3H3,(H,16,19). The summed E-state index contributed by atoms with van der Waals surface area (Å²) in [5.74, 6) is 0.511. The number of aromatic nitrogens is 1. The minimum absolute atomic E-state index is 0.325. The fourth-order valence-corrected chi connectivity index (χ4v) is 3.56. The molecular weight excluding hydrogens is 354 g/mol. The number of anilines is 1. The number of hydrogen-bond donors (Lipinski definition) is 1. The molecule has 1 fully saturated rings. The number of halogens is 1. The summed E-state index contributed by atoms with van der Waals surface area (Å²) in [5, 5.41) is 5.94. The van der Waals surface area contributed by atoms with Gasteiger partial charge in [0.05, 0.1) is 0 Å². The normalized spacial score (nSPS) is 16.9. The Morgan fingerprint density at radius 3 is 2.71 bits per heavy atom. The summed E-state index contributed by atoms with van der Waals surface area (Å²) >= 11 is 5.05. The Labute approximate surface area is 138 Å². The average Bonchev–Trinajstić information content (AvgIpc) is 2.82. The van der Waals surface area contributed by atoms with Gasteiger partial charge in [-0.15, -0.1) is 11.3 Å². The van der Waals surface area contributed by atoms with Crippen LogP contribution < -0.4 is 10.2 Å². The zero-order valence-electron chi connectivity index (χ0n) is 12.7. The highest BCUT2D eigenvalue weighted by molar-refractivity contribution is 9.10. The smallest absolute Gasteiger partial charge is 0.407 e. The van der Waals surface area contributed by atoms with E-state index >= 15 is 0 Å². The van der Waals surface area contributed by atoms with Crippen molar-refractivity contribution >= 4 is 38.5 Å². The van der Waals surface area contributed by atoms with Gasteiger partial charge >= 0.3 is 6.09 Å². The number of amides is 1. The maximum absolute atomic E-state index is 11.6. The maximum atomic E-state index is 11.6. The van der Waals surface area contributed by atoms with Gasteiger partial charge in [-0.05, 0) is 55.5 Å². The fraction of sp³-hybridized carbons (Fsp3) is 0.714. The van der Waals surface area contributed by atoms with Gasteiger partial charge in [0.15, 0.2) is 5.13 Å². The van der Waals surface area contributed by atoms with Gasteiger partial charge in [-0.3, -0.25) is 0 Å². The van der Waals surface area contributed by atoms with Crippen LogP contribution in [-0.2, 0) is 4.74 Å². The molecule has 0 bridgehead atoms. The molecule has 0 saturated carbocycles. The van der Waals surface area contributed by atoms with E-state index in [9.17, 15) is 4.79 Å². The third kappa shape index (κ3) is 5.47. The predicted molar refractivity (Wildman–Crippen MR) is 89.0 cm³/mol. The molecule has 0 aliphatic carbocycles. The second-order valence-corrected chi connectivity index (χ2v) is 7.92. The van der Waals surface area contributed by atoms with Crippen LogP contribution in [0, 0.1) is 5.92 Å². The highest BCUT2D eigenvalue weighted by atomic mass is 79.9. The molecule has 7 heteroatoms. The Hall–Kier alpha value is -0.820. The Bertz CT molecular complexity index is 479. The first-order valence-corrected chi connectivity index (χ1v) is 8.83. The van der Waals surface area contributed by atoms with E-state index in [0.29, 0.717) is 12.5 Å². The van der Waals surface area contributed by atoms with Crippen molar-refractivity contribution in [1.82, 2.24) is 10.3 Å². The Balaban J connectivity index is 1.71. The number of alkyl carbamates (subject to hydrolysis) is 1. The summed E-state index contributed by atoms with van der Waals surface area (Å²) in [5.41, 5.74) is -0.439. The monoisotopic (exact) mass is 375 g/mol. The first-order chi connectivity index (χ1) is 9.83. The molecule has 0 aromatic carbocycles. The second-order valence-electron chi connectivity index (χ2n) is 6.27. The van der Waals surface area contributed by atoms with Crippen molar-refractivity contribution < 1.29 is 9.53 Å². The van der Waals surface area contributed by atoms with Crippen molar-refractivity contribution in [1.29, 1.82) is 0 Å². The van der Waals surface area contributed by atoms with Gasteiger partial charge in [0.2, 0.25) is 0 Å². The molecule has 118 valence electrons. The molecule has 21 heavy (non-hydrogen) atoms. The first kappa shape index (κ1) is 16.5. The minimum atomic E-state index is -0.439. The van der Waals surface area contributed by atoms with Crippen LogP contribution in [0.3, 0.4) is 0 Å². The summed E-state index contributed by atoms with van der Waals surface area (Å²) in [6.45, 7) is 8.28. The van der Waals surface area contributed by atoms with E-state index in [1.807, 2.05) is 26.2 Å². The summed E-state index contributed by atoms with van der Waals surface area (Å²) in [6, 6.07) is 0. The largest absolute Gasteiger partial charge is 0.444 e. The third-order valence-corrected chi connectivity index (χ3v) is 4.89. The van der Waals surface area contributed by atoms with Crippen LogP contribution in [0.15, 0.2) is 9.98 Å². The van der Waals surface area contributed by atoms with E-state index in [0.717, 1.165) is 35.7 Å². The summed E-state index contributed by atoms with van der Waals surface area (Å²) in [6.07, 6.45) is 1.80. The number of hydrogen-bond acceptors (Lipinski definition) is 5. The van der Waals surface area contributed by atoms with Crippen LogP contribution in [0.5, 0.6) is 0 Å². The van der Waals surface area contributed by atoms with E-state index in [1.54, 1.807) is 11.3 Å². The molecule has 1 aromatic rings. The minimum Gasteiger partial charge on any atom is -0.444 e. The summed E-state index contributed by atoms with van der Waals surface area (Å²) in [4.78, 5) is 18.4. The third-order valence-electron chi connectivity index (χ3n) is 3.28. The van der Waals surface area contributed by atoms with Crippen molar-refractivity contribution in [2.45, 2.75) is 39.2 Å². The van der Waals surface area contributed by atoms with E-state index in [2.05, 4.69) is 31.1 Å². The molecule has 1 saturated heterocycles. The number of piperidine rings is 1. The van der Waals surface area contributed by atoms with Gasteiger partial charge in [-0.1, -0.05) is 0 Å². The van der Waals surface area contributed by atoms with Gasteiger partial charge < -0.3 is 15.0 Å². The molecule has 1 aromatic heterocycles. The number of carbonyl (C=O) groups is 1. The lowest BCUT2D eigenvalue weighted by atomic mass is 9.97. The molecule has 5 nitrogen and oxygen atoms in total. The molecule has 1 N–H and O–H groups in total. The van der Waals surface area contributed by atoms with Gasteiger partial charge in [0.25, 0.3) is 0 Å². The van der Waals surface area contributed by atoms with Crippen molar-refractivity contribution in [2.75, 3.05) is 24.5 Å². The fourth-order valence-electron chi connectivity index (χ4n) is 2.26. The number of carbonyl (C=O) groups excluding carboxylic acids is 1. The Morgan fingerprint density at radius 2 is 2.19 bits per heavy atom. The summed E-state index contributed by atoms with van der Waals surface area (Å²) < 4.78 is 6.15. The molecular formula is C14H22BrN3O2S. The zero-order chi connectivity index (χ0) is 15.5. The predicted octanol–water partition coefficient (Wildman–Crippen LogP) is 3.65. The van der Waals surface area contributed by atoms with E-state index in [4.69, 9.17) is 4.74 Å². The van der Waals surface area contributed by atoms with Gasteiger partial charge in [-0.2, -0.15) is 0 Å². The Kier molecular flexibility index (Phi) is 5.48. The number of ether oxygens (including phenoxy) is 1. The maximum Gasteiger partial charge on any atom is 0.407 e. The van der Waals surface area contributed by atoms with Crippen LogP contribution in [0.2, 0.25) is 0 Å². The Morgan fingerprint density at radius 1 is 1.52 bits per heavy atom. The number of nitrogens with one attached hydrogen (secondary N) is 1. The number of nitrogens with zero attached hydrogens (tertiary/aromatic N) is 2. The van der Waals surface area contributed by atoms with E-state index in [-0.39, 0.29) is 6.09 Å². The SMILES string of the molecule is CC(C)(C)OC(=O)NCC1CCN(c2nc(Br)cs2)CC1. The highest BCUT2D eigenvalue weighted by Crippen LogP contribution is 2.27. The van der Waals surface area contributed by atoms with Crippen molar-refractivity contribution in [3.63, 3.8) is 0 Å². The molecule has 0 radical (unpaired) electrons. The molecule has 2 heterocycles. The molecule has 1 amide bonds. The van der Waals surface area contributed by atoms with E-state index < -0.39 is 5.60 Å². The van der Waals surface area contributed by atoms with Gasteiger partial charge in [0, 0.05) is 25.0 Å². The molecule has 0 spiro atoms. The molecule has 1 aliphatic rings. The number of thiazole rings is 1. The average molecular weight is 376 g/mol. The number of rotatable bonds is 3. The molecule has 2 rings (SSSR count). The van der Waals surface area contributed by atoms with Crippen LogP contribution in [0.25, 0.3) is 0 Å². The van der Waals surface area contributed by atoms with Gasteiger partial charge in [-0.25, -0.2) is 9.78 Å². The van der Waals surface area contributed by atoms with Crippen molar-refractivity contribution in [3.05, 3.63) is 9.98 Å². The van der Waals surface area contributed by atoms with Gasteiger partial charge in [0.1, 0.15) is 10.2 Å². The zero-order valence-corrected chi connectivity index (χ0v) is 15.1. The summed E-state index contributed by atoms with van der Waals surface area (Å²) in [7, 11) is 0. The topological polar surface area (TPSA) is 54.5 Å². The lowest BCUT2D eigenvalue weighted by molar-refractivity contribution is 0.0517. The molecule has 0 atom stereocenters. The lowest BCUT2D eigenvalue weighted by Crippen LogP contribution is -2.40. The van der Waals surface area contributed by atoms with Crippen molar-refractivity contribution in [2.24, 2.45) is 5.92 Å². The van der Waals surface area contributed by atoms with Crippen LogP contribution >= 0.6 is 27.3 Å². The molecule has 0 unspecified atom stereocenters. The van der Waals surface area contributed by atoms with E-state index in [1.165, 1.54) is 0 Å². The van der Waals surface area contributed by atoms with Crippen LogP contribution in [-0.4, -0.2) is 36.3 Å². The highest BCUT2D eigenvalue weighted by Gasteiger charge is 2.22. The quantitative estimate of drug-likeness (QED) is 0.875. The second kappa shape index (κ2) is 6.96. The van der Waals surface area contributed by atoms with Crippen LogP contribution in [0.4, 0.5) is 9.93 Å². The first-order valence-electron chi connectivity index (χ1n) is 7.16. The van der Waals surface area contributed by atoms with Crippen molar-refractivity contribution in [3.8, 4) is 0 Å².